The number of thiophene rings is 1. The maximum atomic E-state index is 12.9. The molecule has 22 heavy (non-hydrogen) atoms. The van der Waals surface area contributed by atoms with Gasteiger partial charge in [-0.05, 0) is 30.4 Å². The van der Waals surface area contributed by atoms with Crippen LogP contribution < -0.4 is 0 Å². The van der Waals surface area contributed by atoms with Gasteiger partial charge in [-0.3, -0.25) is 9.48 Å². The normalized spacial score (nSPS) is 19.1. The smallest absolute Gasteiger partial charge is 0.326 e. The van der Waals surface area contributed by atoms with Crippen molar-refractivity contribution in [2.24, 2.45) is 7.05 Å². The van der Waals surface area contributed by atoms with Crippen molar-refractivity contribution in [1.82, 2.24) is 14.1 Å². The second-order valence-corrected chi connectivity index (χ2v) is 7.98. The van der Waals surface area contributed by atoms with E-state index in [2.05, 4.69) is 5.10 Å². The number of aryl methyl sites for hydroxylation is 1. The predicted octanol–water partition coefficient (Wildman–Crippen LogP) is 1.16. The molecule has 0 saturated heterocycles. The highest BCUT2D eigenvalue weighted by molar-refractivity contribution is 7.89. The summed E-state index contributed by atoms with van der Waals surface area (Å²) in [7, 11) is -2.26. The van der Waals surface area contributed by atoms with Crippen LogP contribution >= 0.6 is 11.3 Å². The lowest BCUT2D eigenvalue weighted by atomic mass is 10.0. The van der Waals surface area contributed by atoms with Crippen molar-refractivity contribution in [2.75, 3.05) is 6.54 Å². The zero-order chi connectivity index (χ0) is 16.1. The fraction of sp³-hybridized carbons (Fsp3) is 0.385. The molecule has 1 unspecified atom stereocenters. The van der Waals surface area contributed by atoms with Crippen molar-refractivity contribution in [3.63, 3.8) is 0 Å². The fourth-order valence-electron chi connectivity index (χ4n) is 2.67. The summed E-state index contributed by atoms with van der Waals surface area (Å²) in [5, 5.41) is 15.3. The molecule has 2 aromatic rings. The molecule has 1 atom stereocenters. The van der Waals surface area contributed by atoms with Crippen LogP contribution in [-0.2, 0) is 28.3 Å². The van der Waals surface area contributed by atoms with E-state index in [9.17, 15) is 18.3 Å². The Morgan fingerprint density at radius 2 is 2.23 bits per heavy atom. The summed E-state index contributed by atoms with van der Waals surface area (Å²) in [4.78, 5) is 12.7. The van der Waals surface area contributed by atoms with E-state index in [1.165, 1.54) is 22.2 Å². The van der Waals surface area contributed by atoms with Gasteiger partial charge in [0.05, 0.1) is 11.9 Å². The first-order chi connectivity index (χ1) is 10.3. The van der Waals surface area contributed by atoms with E-state index in [1.54, 1.807) is 25.4 Å². The minimum Gasteiger partial charge on any atom is -0.480 e. The van der Waals surface area contributed by atoms with E-state index in [4.69, 9.17) is 0 Å². The van der Waals surface area contributed by atoms with Crippen LogP contribution in [0.1, 0.15) is 22.2 Å². The molecule has 2 aromatic heterocycles. The minimum atomic E-state index is -3.91. The van der Waals surface area contributed by atoms with Crippen molar-refractivity contribution in [2.45, 2.75) is 24.3 Å². The lowest BCUT2D eigenvalue weighted by molar-refractivity contribution is -0.142. The Morgan fingerprint density at radius 3 is 2.82 bits per heavy atom. The molecule has 0 amide bonds. The zero-order valence-corrected chi connectivity index (χ0v) is 13.7. The molecule has 7 nitrogen and oxygen atoms in total. The number of carboxylic acid groups (broad SMARTS) is 1. The quantitative estimate of drug-likeness (QED) is 0.904. The molecular formula is C13H15N3O4S2. The number of rotatable bonds is 3. The Labute approximate surface area is 131 Å². The van der Waals surface area contributed by atoms with Crippen molar-refractivity contribution in [1.29, 1.82) is 0 Å². The van der Waals surface area contributed by atoms with Gasteiger partial charge < -0.3 is 5.11 Å². The highest BCUT2D eigenvalue weighted by atomic mass is 32.2. The number of hydrogen-bond donors (Lipinski definition) is 1. The largest absolute Gasteiger partial charge is 0.480 e. The van der Waals surface area contributed by atoms with E-state index in [-0.39, 0.29) is 11.4 Å². The molecule has 1 aliphatic heterocycles. The molecule has 0 saturated carbocycles. The lowest BCUT2D eigenvalue weighted by Crippen LogP contribution is -2.43. The highest BCUT2D eigenvalue weighted by Gasteiger charge is 2.42. The first-order valence-corrected chi connectivity index (χ1v) is 8.95. The first-order valence-electron chi connectivity index (χ1n) is 6.63. The molecule has 0 radical (unpaired) electrons. The average molecular weight is 341 g/mol. The summed E-state index contributed by atoms with van der Waals surface area (Å²) in [5.74, 6) is -1.16. The average Bonchev–Trinajstić information content (AvgIpc) is 3.05. The second kappa shape index (κ2) is 5.18. The minimum absolute atomic E-state index is 0.0555. The molecule has 3 rings (SSSR count). The van der Waals surface area contributed by atoms with Crippen molar-refractivity contribution >= 4 is 27.3 Å². The van der Waals surface area contributed by atoms with Crippen LogP contribution in [0.2, 0.25) is 0 Å². The summed E-state index contributed by atoms with van der Waals surface area (Å²) < 4.78 is 28.3. The van der Waals surface area contributed by atoms with Crippen LogP contribution in [0.5, 0.6) is 0 Å². The maximum Gasteiger partial charge on any atom is 0.326 e. The lowest BCUT2D eigenvalue weighted by Gasteiger charge is -2.31. The number of carboxylic acids is 1. The van der Waals surface area contributed by atoms with Gasteiger partial charge in [0.2, 0.25) is 10.0 Å². The van der Waals surface area contributed by atoms with Gasteiger partial charge in [-0.25, -0.2) is 8.42 Å². The molecule has 3 heterocycles. The van der Waals surface area contributed by atoms with E-state index in [0.717, 1.165) is 9.18 Å². The molecule has 0 aromatic carbocycles. The summed E-state index contributed by atoms with van der Waals surface area (Å²) in [5.41, 5.74) is 1.05. The first kappa shape index (κ1) is 15.2. The van der Waals surface area contributed by atoms with Crippen LogP contribution in [0.3, 0.4) is 0 Å². The third-order valence-electron chi connectivity index (χ3n) is 3.93. The molecule has 0 bridgehead atoms. The topological polar surface area (TPSA) is 92.5 Å². The van der Waals surface area contributed by atoms with Crippen LogP contribution in [0.15, 0.2) is 22.5 Å². The molecule has 1 N–H and O–H groups in total. The number of carbonyl (C=O) groups is 1. The van der Waals surface area contributed by atoms with E-state index in [0.29, 0.717) is 17.7 Å². The van der Waals surface area contributed by atoms with Crippen LogP contribution in [0.4, 0.5) is 0 Å². The van der Waals surface area contributed by atoms with Crippen molar-refractivity contribution < 1.29 is 18.3 Å². The molecule has 1 aliphatic rings. The number of aromatic nitrogens is 2. The Hall–Kier alpha value is -1.71. The number of hydrogen-bond acceptors (Lipinski definition) is 5. The molecule has 0 fully saturated rings. The van der Waals surface area contributed by atoms with E-state index in [1.807, 2.05) is 0 Å². The standard InChI is InChI=1S/C13H15N3O4S2/c1-8-11(7-14-15(8)2)22(19,20)16-5-3-10-9(4-6-21-10)12(16)13(17)18/h4,6-7,12H,3,5H2,1-2H3,(H,17,18). The third-order valence-corrected chi connectivity index (χ3v) is 6.90. The Morgan fingerprint density at radius 1 is 1.50 bits per heavy atom. The second-order valence-electron chi connectivity index (χ2n) is 5.12. The van der Waals surface area contributed by atoms with Crippen LogP contribution in [0, 0.1) is 6.92 Å². The summed E-state index contributed by atoms with van der Waals surface area (Å²) in [6, 6.07) is 0.510. The van der Waals surface area contributed by atoms with Gasteiger partial charge in [-0.15, -0.1) is 11.3 Å². The van der Waals surface area contributed by atoms with Gasteiger partial charge in [0.1, 0.15) is 10.9 Å². The molecular weight excluding hydrogens is 326 g/mol. The summed E-state index contributed by atoms with van der Waals surface area (Å²) >= 11 is 1.46. The summed E-state index contributed by atoms with van der Waals surface area (Å²) in [6.07, 6.45) is 1.79. The Balaban J connectivity index is 2.11. The Kier molecular flexibility index (Phi) is 3.58. The van der Waals surface area contributed by atoms with Gasteiger partial charge in [-0.2, -0.15) is 9.40 Å². The number of nitrogens with zero attached hydrogens (tertiary/aromatic N) is 3. The zero-order valence-electron chi connectivity index (χ0n) is 12.1. The van der Waals surface area contributed by atoms with E-state index >= 15 is 0 Å². The SMILES string of the molecule is Cc1c(S(=O)(=O)N2CCc3sccc3C2C(=O)O)cnn1C. The molecule has 0 aliphatic carbocycles. The van der Waals surface area contributed by atoms with Gasteiger partial charge in [-0.1, -0.05) is 0 Å². The molecule has 9 heteroatoms. The van der Waals surface area contributed by atoms with Crippen LogP contribution in [0.25, 0.3) is 0 Å². The number of aliphatic carboxylic acids is 1. The van der Waals surface area contributed by atoms with Gasteiger partial charge in [0.15, 0.2) is 0 Å². The number of fused-ring (bicyclic) bond motifs is 1. The van der Waals surface area contributed by atoms with Crippen molar-refractivity contribution in [3.8, 4) is 0 Å². The van der Waals surface area contributed by atoms with Crippen LogP contribution in [-0.4, -0.2) is 40.1 Å². The highest BCUT2D eigenvalue weighted by Crippen LogP contribution is 2.37. The van der Waals surface area contributed by atoms with Gasteiger partial charge >= 0.3 is 5.97 Å². The third kappa shape index (κ3) is 2.16. The molecule has 118 valence electrons. The van der Waals surface area contributed by atoms with E-state index < -0.39 is 22.0 Å². The fourth-order valence-corrected chi connectivity index (χ4v) is 5.32. The van der Waals surface area contributed by atoms with Crippen molar-refractivity contribution in [3.05, 3.63) is 33.8 Å². The van der Waals surface area contributed by atoms with Gasteiger partial charge in [0, 0.05) is 18.5 Å². The maximum absolute atomic E-state index is 12.9. The predicted molar refractivity (Wildman–Crippen MR) is 80.2 cm³/mol. The summed E-state index contributed by atoms with van der Waals surface area (Å²) in [6.45, 7) is 1.80. The Bertz CT molecular complexity index is 837. The number of sulfonamides is 1. The van der Waals surface area contributed by atoms with Gasteiger partial charge in [0.25, 0.3) is 0 Å². The monoisotopic (exact) mass is 341 g/mol. The molecule has 0 spiro atoms.